The minimum atomic E-state index is -0.959. The highest BCUT2D eigenvalue weighted by molar-refractivity contribution is 5.86. The van der Waals surface area contributed by atoms with Gasteiger partial charge in [-0.1, -0.05) is 5.92 Å². The van der Waals surface area contributed by atoms with Gasteiger partial charge < -0.3 is 20.3 Å². The summed E-state index contributed by atoms with van der Waals surface area (Å²) in [6.07, 6.45) is 10.1. The number of hydrogen-bond acceptors (Lipinski definition) is 6. The van der Waals surface area contributed by atoms with Crippen molar-refractivity contribution in [3.05, 3.63) is 42.0 Å². The minimum Gasteiger partial charge on any atom is -0.378 e. The molecular weight excluding hydrogens is 388 g/mol. The fraction of sp³-hybridized carbons (Fsp3) is 0.458. The lowest BCUT2D eigenvalue weighted by Crippen LogP contribution is -2.29. The number of pyridine rings is 1. The van der Waals surface area contributed by atoms with Gasteiger partial charge in [0.1, 0.15) is 17.1 Å². The van der Waals surface area contributed by atoms with Gasteiger partial charge in [-0.2, -0.15) is 4.98 Å². The zero-order chi connectivity index (χ0) is 21.6. The fourth-order valence-electron chi connectivity index (χ4n) is 4.48. The van der Waals surface area contributed by atoms with E-state index in [2.05, 4.69) is 49.5 Å². The topological polar surface area (TPSA) is 93.1 Å². The minimum absolute atomic E-state index is 0.245. The Morgan fingerprint density at radius 3 is 2.68 bits per heavy atom. The number of likely N-dealkylation sites (tertiary alicyclic amines) is 1. The first-order valence-corrected chi connectivity index (χ1v) is 10.9. The average Bonchev–Trinajstić information content (AvgIpc) is 3.55. The number of aliphatic hydroxyl groups is 1. The molecule has 31 heavy (non-hydrogen) atoms. The van der Waals surface area contributed by atoms with Crippen molar-refractivity contribution in [3.8, 4) is 17.7 Å². The van der Waals surface area contributed by atoms with Crippen LogP contribution in [0, 0.1) is 17.8 Å². The summed E-state index contributed by atoms with van der Waals surface area (Å²) in [7, 11) is 2.17. The first-order valence-electron chi connectivity index (χ1n) is 10.9. The molecular formula is C24H28N6O. The van der Waals surface area contributed by atoms with Crippen LogP contribution in [0.1, 0.15) is 49.8 Å². The molecule has 1 aliphatic carbocycles. The van der Waals surface area contributed by atoms with Crippen LogP contribution in [0.4, 0.5) is 5.95 Å². The molecule has 1 aliphatic heterocycles. The number of fused-ring (bicyclic) bond motifs is 1. The largest absolute Gasteiger partial charge is 0.378 e. The molecule has 1 saturated heterocycles. The molecule has 7 heteroatoms. The number of nitrogen functional groups attached to an aromatic ring is 1. The molecule has 3 aromatic rings. The van der Waals surface area contributed by atoms with Crippen LogP contribution in [0.5, 0.6) is 0 Å². The molecule has 2 aliphatic rings. The van der Waals surface area contributed by atoms with Gasteiger partial charge in [-0.15, -0.1) is 0 Å². The molecule has 0 radical (unpaired) electrons. The molecule has 4 heterocycles. The van der Waals surface area contributed by atoms with E-state index in [9.17, 15) is 5.11 Å². The van der Waals surface area contributed by atoms with Crippen molar-refractivity contribution >= 4 is 16.9 Å². The molecule has 0 bridgehead atoms. The lowest BCUT2D eigenvalue weighted by atomic mass is 9.90. The number of nitrogens with two attached hydrogens (primary N) is 1. The van der Waals surface area contributed by atoms with Crippen molar-refractivity contribution in [2.45, 2.75) is 44.1 Å². The second-order valence-electron chi connectivity index (χ2n) is 9.06. The molecule has 3 aromatic heterocycles. The van der Waals surface area contributed by atoms with Crippen LogP contribution in [0.15, 0.2) is 30.7 Å². The van der Waals surface area contributed by atoms with Crippen molar-refractivity contribution in [1.82, 2.24) is 24.4 Å². The van der Waals surface area contributed by atoms with Crippen molar-refractivity contribution < 1.29 is 5.11 Å². The molecule has 0 aromatic carbocycles. The summed E-state index contributed by atoms with van der Waals surface area (Å²) >= 11 is 0. The highest BCUT2D eigenvalue weighted by atomic mass is 16.3. The summed E-state index contributed by atoms with van der Waals surface area (Å²) in [4.78, 5) is 15.5. The second-order valence-corrected chi connectivity index (χ2v) is 9.06. The molecule has 1 unspecified atom stereocenters. The third-order valence-electron chi connectivity index (χ3n) is 6.60. The van der Waals surface area contributed by atoms with Crippen LogP contribution in [0.3, 0.4) is 0 Å². The quantitative estimate of drug-likeness (QED) is 0.638. The Morgan fingerprint density at radius 2 is 1.97 bits per heavy atom. The van der Waals surface area contributed by atoms with Gasteiger partial charge in [-0.25, -0.2) is 9.97 Å². The highest BCUT2D eigenvalue weighted by Crippen LogP contribution is 2.39. The van der Waals surface area contributed by atoms with E-state index in [1.54, 1.807) is 13.1 Å². The normalized spacial score (nSPS) is 19.7. The van der Waals surface area contributed by atoms with Crippen LogP contribution in [-0.2, 0) is 0 Å². The van der Waals surface area contributed by atoms with Gasteiger partial charge in [0, 0.05) is 24.0 Å². The molecule has 1 saturated carbocycles. The zero-order valence-corrected chi connectivity index (χ0v) is 18.0. The molecule has 2 fully saturated rings. The van der Waals surface area contributed by atoms with E-state index in [1.807, 2.05) is 18.3 Å². The van der Waals surface area contributed by atoms with E-state index in [0.717, 1.165) is 55.5 Å². The van der Waals surface area contributed by atoms with E-state index in [4.69, 9.17) is 5.73 Å². The Balaban J connectivity index is 1.60. The van der Waals surface area contributed by atoms with Crippen LogP contribution in [0.2, 0.25) is 0 Å². The number of aromatic nitrogens is 4. The summed E-state index contributed by atoms with van der Waals surface area (Å²) in [6, 6.07) is 3.85. The lowest BCUT2D eigenvalue weighted by Gasteiger charge is -2.28. The summed E-state index contributed by atoms with van der Waals surface area (Å²) < 4.78 is 2.06. The number of nitrogens with zero attached hydrogens (tertiary/aromatic N) is 5. The molecule has 5 rings (SSSR count). The van der Waals surface area contributed by atoms with Crippen LogP contribution >= 0.6 is 0 Å². The maximum atomic E-state index is 10.5. The van der Waals surface area contributed by atoms with Gasteiger partial charge >= 0.3 is 0 Å². The predicted octanol–water partition coefficient (Wildman–Crippen LogP) is 2.72. The number of rotatable bonds is 3. The Morgan fingerprint density at radius 1 is 1.19 bits per heavy atom. The van der Waals surface area contributed by atoms with Crippen molar-refractivity contribution in [2.24, 2.45) is 5.92 Å². The van der Waals surface area contributed by atoms with Gasteiger partial charge in [-0.3, -0.25) is 0 Å². The first-order chi connectivity index (χ1) is 14.9. The van der Waals surface area contributed by atoms with Crippen LogP contribution in [-0.4, -0.2) is 55.3 Å². The van der Waals surface area contributed by atoms with E-state index in [-0.39, 0.29) is 11.9 Å². The molecule has 7 nitrogen and oxygen atoms in total. The monoisotopic (exact) mass is 416 g/mol. The average molecular weight is 417 g/mol. The van der Waals surface area contributed by atoms with E-state index in [1.165, 1.54) is 5.56 Å². The Labute approximate surface area is 182 Å². The fourth-order valence-corrected chi connectivity index (χ4v) is 4.48. The molecule has 0 spiro atoms. The van der Waals surface area contributed by atoms with Gasteiger partial charge in [0.05, 0.1) is 5.52 Å². The van der Waals surface area contributed by atoms with Gasteiger partial charge in [0.15, 0.2) is 0 Å². The van der Waals surface area contributed by atoms with E-state index < -0.39 is 5.60 Å². The summed E-state index contributed by atoms with van der Waals surface area (Å²) in [5, 5.41) is 11.7. The van der Waals surface area contributed by atoms with Gasteiger partial charge in [-0.05, 0) is 88.2 Å². The van der Waals surface area contributed by atoms with E-state index >= 15 is 0 Å². The lowest BCUT2D eigenvalue weighted by molar-refractivity contribution is 0.0980. The second kappa shape index (κ2) is 7.63. The SMILES string of the molecule is CN1CCC(c2cn(-c3ccnc(N)n3)c3cc(C#CC(C)(O)C4CC4)ncc23)CC1. The Kier molecular flexibility index (Phi) is 4.92. The first kappa shape index (κ1) is 20.0. The molecule has 1 atom stereocenters. The summed E-state index contributed by atoms with van der Waals surface area (Å²) in [5.41, 5.74) is 7.83. The van der Waals surface area contributed by atoms with Crippen molar-refractivity contribution in [3.63, 3.8) is 0 Å². The molecule has 0 amide bonds. The zero-order valence-electron chi connectivity index (χ0n) is 18.0. The van der Waals surface area contributed by atoms with Crippen LogP contribution in [0.25, 0.3) is 16.7 Å². The smallest absolute Gasteiger partial charge is 0.221 e. The summed E-state index contributed by atoms with van der Waals surface area (Å²) in [5.74, 6) is 7.85. The van der Waals surface area contributed by atoms with Crippen molar-refractivity contribution in [2.75, 3.05) is 25.9 Å². The Bertz CT molecular complexity index is 1180. The van der Waals surface area contributed by atoms with E-state index in [0.29, 0.717) is 11.6 Å². The summed E-state index contributed by atoms with van der Waals surface area (Å²) in [6.45, 7) is 3.97. The number of anilines is 1. The highest BCUT2D eigenvalue weighted by Gasteiger charge is 2.38. The maximum Gasteiger partial charge on any atom is 0.221 e. The van der Waals surface area contributed by atoms with Gasteiger partial charge in [0.25, 0.3) is 0 Å². The molecule has 3 N–H and O–H groups in total. The number of hydrogen-bond donors (Lipinski definition) is 2. The predicted molar refractivity (Wildman–Crippen MR) is 121 cm³/mol. The van der Waals surface area contributed by atoms with Gasteiger partial charge in [0.2, 0.25) is 5.95 Å². The third-order valence-corrected chi connectivity index (χ3v) is 6.60. The third kappa shape index (κ3) is 4.01. The molecule has 160 valence electrons. The maximum absolute atomic E-state index is 10.5. The number of piperidine rings is 1. The van der Waals surface area contributed by atoms with Crippen molar-refractivity contribution in [1.29, 1.82) is 0 Å². The van der Waals surface area contributed by atoms with Crippen LogP contribution < -0.4 is 5.73 Å². The standard InChI is InChI=1S/C24H28N6O/c1-24(31,17-3-4-17)9-5-18-13-21-19(14-27-18)20(16-7-11-29(2)12-8-16)15-30(21)22-6-10-26-23(25)28-22/h6,10,13-17,31H,3-4,7-8,11-12H2,1-2H3,(H2,25,26,28). The Hall–Kier alpha value is -2.95.